The van der Waals surface area contributed by atoms with Gasteiger partial charge < -0.3 is 0 Å². The van der Waals surface area contributed by atoms with Crippen LogP contribution in [0.1, 0.15) is 11.1 Å². The van der Waals surface area contributed by atoms with Crippen molar-refractivity contribution in [2.75, 3.05) is 0 Å². The number of rotatable bonds is 1. The number of benzene rings is 2. The second kappa shape index (κ2) is 4.80. The predicted molar refractivity (Wildman–Crippen MR) is 90.1 cm³/mol. The molecule has 1 heterocycles. The van der Waals surface area contributed by atoms with Crippen LogP contribution in [-0.2, 0) is 0 Å². The Hall–Kier alpha value is -0.430. The summed E-state index contributed by atoms with van der Waals surface area (Å²) < 4.78 is 5.61. The minimum atomic E-state index is -3.87. The second-order valence-corrected chi connectivity index (χ2v) is 14.5. The standard InChI is InChI=1S/C14H9Cl4OP/c15-11-6-7-14-12(8-11)13(9-20(16,17,18)19-14)10-4-2-1-3-5-10/h1-9H. The first-order chi connectivity index (χ1) is 9.32. The Kier molecular flexibility index (Phi) is 3.48. The van der Waals surface area contributed by atoms with E-state index in [1.165, 1.54) is 0 Å². The van der Waals surface area contributed by atoms with Crippen molar-refractivity contribution in [3.63, 3.8) is 0 Å². The quantitative estimate of drug-likeness (QED) is 0.492. The average molecular weight is 366 g/mol. The molecule has 0 radical (unpaired) electrons. The van der Waals surface area contributed by atoms with E-state index in [1.807, 2.05) is 36.4 Å². The van der Waals surface area contributed by atoms with E-state index in [0.717, 1.165) is 16.7 Å². The van der Waals surface area contributed by atoms with Crippen molar-refractivity contribution < 1.29 is 4.52 Å². The van der Waals surface area contributed by atoms with Gasteiger partial charge in [-0.1, -0.05) is 0 Å². The zero-order chi connectivity index (χ0) is 14.4. The van der Waals surface area contributed by atoms with Crippen molar-refractivity contribution in [1.29, 1.82) is 0 Å². The summed E-state index contributed by atoms with van der Waals surface area (Å²) in [5, 5.41) is 0.607. The van der Waals surface area contributed by atoms with Crippen LogP contribution in [0.2, 0.25) is 5.02 Å². The molecule has 0 saturated heterocycles. The molecule has 0 aromatic heterocycles. The molecule has 1 nitrogen and oxygen atoms in total. The summed E-state index contributed by atoms with van der Waals surface area (Å²) in [6.45, 7) is 0. The van der Waals surface area contributed by atoms with Crippen LogP contribution in [-0.4, -0.2) is 0 Å². The topological polar surface area (TPSA) is 9.23 Å². The molecule has 2 aromatic rings. The summed E-state index contributed by atoms with van der Waals surface area (Å²) in [6, 6.07) is 15.0. The third kappa shape index (κ3) is 2.93. The summed E-state index contributed by atoms with van der Waals surface area (Å²) in [4.78, 5) is -3.87. The molecular weight excluding hydrogens is 357 g/mol. The third-order valence-electron chi connectivity index (χ3n) is 2.90. The van der Waals surface area contributed by atoms with Gasteiger partial charge in [-0.3, -0.25) is 0 Å². The molecule has 0 bridgehead atoms. The zero-order valence-corrected chi connectivity index (χ0v) is 14.0. The maximum atomic E-state index is 6.27. The van der Waals surface area contributed by atoms with Gasteiger partial charge in [0.25, 0.3) is 0 Å². The SMILES string of the molecule is Clc1ccc2c(c1)C(c1ccccc1)=CP(Cl)(Cl)(Cl)O2. The van der Waals surface area contributed by atoms with Crippen LogP contribution >= 0.6 is 50.2 Å². The molecule has 104 valence electrons. The Bertz CT molecular complexity index is 704. The Morgan fingerprint density at radius 1 is 0.900 bits per heavy atom. The van der Waals surface area contributed by atoms with Gasteiger partial charge in [-0.25, -0.2) is 0 Å². The van der Waals surface area contributed by atoms with E-state index in [1.54, 1.807) is 17.9 Å². The van der Waals surface area contributed by atoms with Crippen molar-refractivity contribution in [2.24, 2.45) is 0 Å². The summed E-state index contributed by atoms with van der Waals surface area (Å²) in [5.74, 6) is 2.14. The van der Waals surface area contributed by atoms with Crippen LogP contribution in [0.5, 0.6) is 5.75 Å². The summed E-state index contributed by atoms with van der Waals surface area (Å²) in [6.07, 6.45) is 0. The van der Waals surface area contributed by atoms with E-state index in [-0.39, 0.29) is 0 Å². The van der Waals surface area contributed by atoms with Crippen molar-refractivity contribution in [3.8, 4) is 5.75 Å². The van der Waals surface area contributed by atoms with Gasteiger partial charge in [0, 0.05) is 0 Å². The molecule has 0 aliphatic carbocycles. The fourth-order valence-corrected chi connectivity index (χ4v) is 5.06. The number of fused-ring (bicyclic) bond motifs is 1. The molecule has 0 unspecified atom stereocenters. The molecule has 0 atom stereocenters. The molecule has 20 heavy (non-hydrogen) atoms. The van der Waals surface area contributed by atoms with Crippen molar-refractivity contribution in [1.82, 2.24) is 0 Å². The van der Waals surface area contributed by atoms with Crippen LogP contribution in [0.25, 0.3) is 5.57 Å². The van der Waals surface area contributed by atoms with Crippen molar-refractivity contribution in [3.05, 3.63) is 70.5 Å². The van der Waals surface area contributed by atoms with E-state index in [2.05, 4.69) is 0 Å². The fraction of sp³-hybridized carbons (Fsp3) is 0. The van der Waals surface area contributed by atoms with Gasteiger partial charge in [-0.2, -0.15) is 0 Å². The molecule has 0 fully saturated rings. The monoisotopic (exact) mass is 364 g/mol. The van der Waals surface area contributed by atoms with Crippen LogP contribution in [0.3, 0.4) is 0 Å². The Balaban J connectivity index is 2.27. The maximum absolute atomic E-state index is 6.27. The van der Waals surface area contributed by atoms with Gasteiger partial charge in [0.2, 0.25) is 0 Å². The van der Waals surface area contributed by atoms with E-state index in [4.69, 9.17) is 49.8 Å². The normalized spacial score (nSPS) is 20.8. The van der Waals surface area contributed by atoms with Gasteiger partial charge in [0.1, 0.15) is 0 Å². The molecule has 2 aromatic carbocycles. The molecule has 6 heteroatoms. The average Bonchev–Trinajstić information content (AvgIpc) is 2.38. The Labute approximate surface area is 136 Å². The molecule has 1 aliphatic heterocycles. The molecule has 0 N–H and O–H groups in total. The first-order valence-corrected chi connectivity index (χ1v) is 11.1. The van der Waals surface area contributed by atoms with Crippen molar-refractivity contribution in [2.45, 2.75) is 0 Å². The molecule has 0 saturated carbocycles. The van der Waals surface area contributed by atoms with E-state index >= 15 is 0 Å². The Morgan fingerprint density at radius 2 is 1.60 bits per heavy atom. The molecular formula is C14H9Cl4OP. The van der Waals surface area contributed by atoms with Crippen LogP contribution in [0, 0.1) is 0 Å². The zero-order valence-electron chi connectivity index (χ0n) is 10.1. The first kappa shape index (κ1) is 14.5. The van der Waals surface area contributed by atoms with Gasteiger partial charge in [0.15, 0.2) is 0 Å². The summed E-state index contributed by atoms with van der Waals surface area (Å²) in [7, 11) is 0. The second-order valence-electron chi connectivity index (χ2n) is 4.44. The van der Waals surface area contributed by atoms with Crippen LogP contribution in [0.4, 0.5) is 0 Å². The minimum absolute atomic E-state index is 0.536. The summed E-state index contributed by atoms with van der Waals surface area (Å²) >= 11 is 24.9. The van der Waals surface area contributed by atoms with Gasteiger partial charge in [-0.05, 0) is 0 Å². The molecule has 3 rings (SSSR count). The summed E-state index contributed by atoms with van der Waals surface area (Å²) in [5.41, 5.74) is 2.60. The van der Waals surface area contributed by atoms with Gasteiger partial charge in [0.05, 0.1) is 0 Å². The first-order valence-electron chi connectivity index (χ1n) is 5.78. The van der Waals surface area contributed by atoms with Crippen molar-refractivity contribution >= 4 is 55.8 Å². The van der Waals surface area contributed by atoms with E-state index in [9.17, 15) is 0 Å². The molecule has 0 spiro atoms. The van der Waals surface area contributed by atoms with Crippen LogP contribution < -0.4 is 4.52 Å². The van der Waals surface area contributed by atoms with E-state index in [0.29, 0.717) is 10.8 Å². The van der Waals surface area contributed by atoms with E-state index < -0.39 is 4.89 Å². The van der Waals surface area contributed by atoms with Crippen LogP contribution in [0.15, 0.2) is 54.3 Å². The van der Waals surface area contributed by atoms with Gasteiger partial charge in [-0.15, -0.1) is 0 Å². The van der Waals surface area contributed by atoms with Gasteiger partial charge >= 0.3 is 137 Å². The fourth-order valence-electron chi connectivity index (χ4n) is 2.10. The number of hydrogen-bond donors (Lipinski definition) is 0. The molecule has 1 aliphatic rings. The number of hydrogen-bond acceptors (Lipinski definition) is 1. The third-order valence-corrected chi connectivity index (χ3v) is 5.80. The molecule has 0 amide bonds. The Morgan fingerprint density at radius 3 is 2.30 bits per heavy atom. The number of halogens is 4. The predicted octanol–water partition coefficient (Wildman–Crippen LogP) is 7.05.